The van der Waals surface area contributed by atoms with Crippen LogP contribution in [0.5, 0.6) is 0 Å². The Labute approximate surface area is 252 Å². The summed E-state index contributed by atoms with van der Waals surface area (Å²) in [5.74, 6) is -4.47. The van der Waals surface area contributed by atoms with Gasteiger partial charge in [0.25, 0.3) is 5.91 Å². The molecule has 2 aromatic heterocycles. The van der Waals surface area contributed by atoms with Gasteiger partial charge in [-0.2, -0.15) is 26.3 Å². The van der Waals surface area contributed by atoms with E-state index < -0.39 is 24.3 Å². The average Bonchev–Trinajstić information content (AvgIpc) is 3.53. The Morgan fingerprint density at radius 2 is 1.42 bits per heavy atom. The standard InChI is InChI=1S/C23H28N6O2.2C2HF3O2/c1-15(30)24-18-11-12-28(13-18)21-10-9-20-25-19(14-29(20)27-21)26-22(31)16-5-7-17(8-6-16)23(2,3)4;2*3-2(4,5)1(6)7/h5-10,14,18H,11-13H2,1-4H3,(H,24,30)(H,26,31);2*(H,6,7). The summed E-state index contributed by atoms with van der Waals surface area (Å²) in [6.07, 6.45) is -7.57. The summed E-state index contributed by atoms with van der Waals surface area (Å²) < 4.78 is 65.1. The summed E-state index contributed by atoms with van der Waals surface area (Å²) >= 11 is 0. The maximum absolute atomic E-state index is 12.6. The lowest BCUT2D eigenvalue weighted by Crippen LogP contribution is -2.35. The van der Waals surface area contributed by atoms with E-state index in [4.69, 9.17) is 19.8 Å². The normalized spacial score (nSPS) is 14.9. The van der Waals surface area contributed by atoms with Crippen molar-refractivity contribution in [2.45, 2.75) is 57.9 Å². The fourth-order valence-corrected chi connectivity index (χ4v) is 3.78. The molecule has 3 heterocycles. The first-order chi connectivity index (χ1) is 20.6. The quantitative estimate of drug-likeness (QED) is 0.303. The first-order valence-corrected chi connectivity index (χ1v) is 13.0. The summed E-state index contributed by atoms with van der Waals surface area (Å²) in [5, 5.41) is 24.7. The third-order valence-corrected chi connectivity index (χ3v) is 5.97. The Morgan fingerprint density at radius 1 is 0.889 bits per heavy atom. The highest BCUT2D eigenvalue weighted by molar-refractivity contribution is 6.03. The molecule has 246 valence electrons. The Bertz CT molecular complexity index is 1490. The highest BCUT2D eigenvalue weighted by Crippen LogP contribution is 2.23. The molecule has 12 nitrogen and oxygen atoms in total. The van der Waals surface area contributed by atoms with E-state index in [-0.39, 0.29) is 23.3 Å². The number of amides is 2. The number of imidazole rings is 1. The lowest BCUT2D eigenvalue weighted by atomic mass is 9.87. The molecule has 1 aliphatic heterocycles. The minimum absolute atomic E-state index is 0.0155. The van der Waals surface area contributed by atoms with Gasteiger partial charge in [0, 0.05) is 31.6 Å². The van der Waals surface area contributed by atoms with Crippen LogP contribution in [0.3, 0.4) is 0 Å². The van der Waals surface area contributed by atoms with Crippen molar-refractivity contribution in [1.29, 1.82) is 0 Å². The molecule has 2 amide bonds. The van der Waals surface area contributed by atoms with Gasteiger partial charge in [-0.3, -0.25) is 9.59 Å². The van der Waals surface area contributed by atoms with Gasteiger partial charge >= 0.3 is 24.3 Å². The maximum atomic E-state index is 12.6. The lowest BCUT2D eigenvalue weighted by Gasteiger charge is -2.18. The van der Waals surface area contributed by atoms with Crippen LogP contribution in [0.1, 0.15) is 50.0 Å². The van der Waals surface area contributed by atoms with Crippen LogP contribution in [-0.2, 0) is 19.8 Å². The Balaban J connectivity index is 0.000000421. The van der Waals surface area contributed by atoms with Gasteiger partial charge in [-0.15, -0.1) is 5.10 Å². The molecule has 4 N–H and O–H groups in total. The number of hydrogen-bond acceptors (Lipinski definition) is 7. The summed E-state index contributed by atoms with van der Waals surface area (Å²) in [4.78, 5) is 48.3. The Hall–Kier alpha value is -4.90. The van der Waals surface area contributed by atoms with Gasteiger partial charge < -0.3 is 25.7 Å². The summed E-state index contributed by atoms with van der Waals surface area (Å²) in [7, 11) is 0. The van der Waals surface area contributed by atoms with Crippen molar-refractivity contribution in [3.8, 4) is 0 Å². The van der Waals surface area contributed by atoms with E-state index in [0.29, 0.717) is 17.0 Å². The number of anilines is 2. The number of benzene rings is 1. The topological polar surface area (TPSA) is 166 Å². The highest BCUT2D eigenvalue weighted by atomic mass is 19.4. The van der Waals surface area contributed by atoms with Crippen molar-refractivity contribution in [3.63, 3.8) is 0 Å². The molecular formula is C27H30F6N6O6. The number of nitrogens with zero attached hydrogens (tertiary/aromatic N) is 4. The fourth-order valence-electron chi connectivity index (χ4n) is 3.78. The molecule has 45 heavy (non-hydrogen) atoms. The monoisotopic (exact) mass is 648 g/mol. The molecule has 1 aliphatic rings. The van der Waals surface area contributed by atoms with E-state index in [1.54, 1.807) is 10.7 Å². The van der Waals surface area contributed by atoms with Crippen LogP contribution in [0.2, 0.25) is 0 Å². The number of hydrogen-bond donors (Lipinski definition) is 4. The van der Waals surface area contributed by atoms with Crippen LogP contribution in [-0.4, -0.2) is 80.0 Å². The van der Waals surface area contributed by atoms with Crippen LogP contribution in [0.25, 0.3) is 5.65 Å². The minimum atomic E-state index is -5.08. The predicted molar refractivity (Wildman–Crippen MR) is 148 cm³/mol. The van der Waals surface area contributed by atoms with Crippen molar-refractivity contribution in [1.82, 2.24) is 19.9 Å². The number of carbonyl (C=O) groups excluding carboxylic acids is 2. The number of fused-ring (bicyclic) bond motifs is 1. The van der Waals surface area contributed by atoms with E-state index in [9.17, 15) is 35.9 Å². The summed E-state index contributed by atoms with van der Waals surface area (Å²) in [6.45, 7) is 9.51. The second kappa shape index (κ2) is 14.3. The summed E-state index contributed by atoms with van der Waals surface area (Å²) in [5.41, 5.74) is 2.45. The molecule has 0 saturated carbocycles. The number of halogens is 6. The fraction of sp³-hybridized carbons (Fsp3) is 0.407. The zero-order valence-electron chi connectivity index (χ0n) is 24.3. The Morgan fingerprint density at radius 3 is 1.89 bits per heavy atom. The zero-order valence-corrected chi connectivity index (χ0v) is 24.3. The molecule has 0 bridgehead atoms. The smallest absolute Gasteiger partial charge is 0.475 e. The van der Waals surface area contributed by atoms with Gasteiger partial charge in [0.05, 0.1) is 6.20 Å². The van der Waals surface area contributed by atoms with Gasteiger partial charge in [-0.1, -0.05) is 32.9 Å². The van der Waals surface area contributed by atoms with Crippen molar-refractivity contribution in [2.75, 3.05) is 23.3 Å². The van der Waals surface area contributed by atoms with Gasteiger partial charge in [0.15, 0.2) is 11.5 Å². The molecule has 0 radical (unpaired) electrons. The van der Waals surface area contributed by atoms with Gasteiger partial charge in [-0.05, 0) is 41.7 Å². The second-order valence-corrected chi connectivity index (χ2v) is 10.6. The third-order valence-electron chi connectivity index (χ3n) is 5.97. The number of nitrogens with one attached hydrogen (secondary N) is 2. The lowest BCUT2D eigenvalue weighted by molar-refractivity contribution is -0.193. The molecule has 1 unspecified atom stereocenters. The largest absolute Gasteiger partial charge is 0.490 e. The van der Waals surface area contributed by atoms with Crippen LogP contribution >= 0.6 is 0 Å². The number of rotatable bonds is 4. The SMILES string of the molecule is CC(=O)NC1CCN(c2ccc3nc(NC(=O)c4ccc(C(C)(C)C)cc4)cn3n2)C1.O=C(O)C(F)(F)F.O=C(O)C(F)(F)F. The van der Waals surface area contributed by atoms with E-state index in [1.807, 2.05) is 36.4 Å². The molecule has 1 fully saturated rings. The first kappa shape index (κ1) is 36.3. The van der Waals surface area contributed by atoms with Gasteiger partial charge in [0.2, 0.25) is 5.91 Å². The van der Waals surface area contributed by atoms with Gasteiger partial charge in [0.1, 0.15) is 5.82 Å². The van der Waals surface area contributed by atoms with Crippen molar-refractivity contribution in [3.05, 3.63) is 53.7 Å². The predicted octanol–water partition coefficient (Wildman–Crippen LogP) is 4.26. The minimum Gasteiger partial charge on any atom is -0.475 e. The van der Waals surface area contributed by atoms with Crippen LogP contribution in [0.15, 0.2) is 42.6 Å². The highest BCUT2D eigenvalue weighted by Gasteiger charge is 2.39. The summed E-state index contributed by atoms with van der Waals surface area (Å²) in [6, 6.07) is 11.6. The zero-order chi connectivity index (χ0) is 34.3. The number of carbonyl (C=O) groups is 4. The average molecular weight is 649 g/mol. The molecule has 0 aliphatic carbocycles. The molecule has 18 heteroatoms. The molecule has 3 aromatic rings. The molecule has 0 spiro atoms. The molecule has 1 atom stereocenters. The van der Waals surface area contributed by atoms with E-state index in [0.717, 1.165) is 25.3 Å². The van der Waals surface area contributed by atoms with E-state index in [2.05, 4.69) is 46.4 Å². The number of alkyl halides is 6. The second-order valence-electron chi connectivity index (χ2n) is 10.6. The number of aliphatic carboxylic acids is 2. The van der Waals surface area contributed by atoms with Crippen LogP contribution in [0.4, 0.5) is 38.0 Å². The van der Waals surface area contributed by atoms with Crippen molar-refractivity contribution < 1.29 is 55.7 Å². The van der Waals surface area contributed by atoms with Crippen molar-refractivity contribution >= 4 is 41.0 Å². The number of carboxylic acid groups (broad SMARTS) is 2. The van der Waals surface area contributed by atoms with Gasteiger partial charge in [-0.25, -0.2) is 19.1 Å². The Kier molecular flexibility index (Phi) is 11.5. The van der Waals surface area contributed by atoms with Crippen molar-refractivity contribution in [2.24, 2.45) is 0 Å². The van der Waals surface area contributed by atoms with Crippen LogP contribution < -0.4 is 15.5 Å². The first-order valence-electron chi connectivity index (χ1n) is 13.0. The molecule has 1 aromatic carbocycles. The number of carboxylic acids is 2. The maximum Gasteiger partial charge on any atom is 0.490 e. The molecular weight excluding hydrogens is 618 g/mol. The molecule has 4 rings (SSSR count). The van der Waals surface area contributed by atoms with Crippen LogP contribution in [0, 0.1) is 0 Å². The third kappa shape index (κ3) is 11.3. The molecule has 1 saturated heterocycles. The van der Waals surface area contributed by atoms with E-state index in [1.165, 1.54) is 12.5 Å². The van der Waals surface area contributed by atoms with E-state index >= 15 is 0 Å². The number of aromatic nitrogens is 3.